The molecule has 10 nitrogen and oxygen atoms in total. The Bertz CT molecular complexity index is 1050. The van der Waals surface area contributed by atoms with Crippen molar-refractivity contribution in [3.63, 3.8) is 0 Å². The Morgan fingerprint density at radius 1 is 1.23 bits per heavy atom. The topological polar surface area (TPSA) is 114 Å². The van der Waals surface area contributed by atoms with Gasteiger partial charge in [0, 0.05) is 57.7 Å². The van der Waals surface area contributed by atoms with Crippen LogP contribution in [0.2, 0.25) is 0 Å². The highest BCUT2D eigenvalue weighted by Gasteiger charge is 2.31. The van der Waals surface area contributed by atoms with Crippen molar-refractivity contribution in [3.8, 4) is 5.75 Å². The summed E-state index contributed by atoms with van der Waals surface area (Å²) >= 11 is 0. The summed E-state index contributed by atoms with van der Waals surface area (Å²) in [6.45, 7) is 6.47. The summed E-state index contributed by atoms with van der Waals surface area (Å²) in [5.74, 6) is -0.372. The summed E-state index contributed by atoms with van der Waals surface area (Å²) < 4.78 is 11.8. The fourth-order valence-electron chi connectivity index (χ4n) is 3.94. The second kappa shape index (κ2) is 11.7. The van der Waals surface area contributed by atoms with Crippen LogP contribution in [0, 0.1) is 5.92 Å². The SMILES string of the molecule is CCC(=O)Nc1ccc2c(c1)C(=O)N(C)C[C@@H](OC)[C@H](C)CN(C(=O)c1cnccn1)[C@@H](C)CO2. The molecule has 0 unspecified atom stereocenters. The van der Waals surface area contributed by atoms with E-state index in [-0.39, 0.29) is 48.1 Å². The standard InChI is InChI=1S/C25H33N5O5/c1-6-23(31)28-18-7-8-21-19(11-18)24(32)29(4)14-22(34-5)16(2)13-30(17(3)15-35-21)25(33)20-12-26-9-10-27-20/h7-12,16-17,22H,6,13-15H2,1-5H3,(H,28,31)/t16-,17+,22-/m1/s1. The van der Waals surface area contributed by atoms with Crippen molar-refractivity contribution >= 4 is 23.4 Å². The lowest BCUT2D eigenvalue weighted by Gasteiger charge is -2.35. The summed E-state index contributed by atoms with van der Waals surface area (Å²) in [6, 6.07) is 4.64. The van der Waals surface area contributed by atoms with Crippen LogP contribution in [0.3, 0.4) is 0 Å². The third-order valence-electron chi connectivity index (χ3n) is 6.09. The number of methoxy groups -OCH3 is 1. The second-order valence-electron chi connectivity index (χ2n) is 8.76. The number of nitrogens with zero attached hydrogens (tertiary/aromatic N) is 4. The van der Waals surface area contributed by atoms with E-state index in [1.165, 1.54) is 18.6 Å². The van der Waals surface area contributed by atoms with Crippen molar-refractivity contribution in [1.82, 2.24) is 19.8 Å². The maximum absolute atomic E-state index is 13.4. The van der Waals surface area contributed by atoms with Gasteiger partial charge >= 0.3 is 0 Å². The monoisotopic (exact) mass is 483 g/mol. The number of nitrogens with one attached hydrogen (secondary N) is 1. The third kappa shape index (κ3) is 6.33. The van der Waals surface area contributed by atoms with E-state index in [1.54, 1.807) is 49.1 Å². The molecule has 35 heavy (non-hydrogen) atoms. The molecular weight excluding hydrogens is 450 g/mol. The number of rotatable bonds is 4. The van der Waals surface area contributed by atoms with E-state index >= 15 is 0 Å². The first kappa shape index (κ1) is 26.1. The first-order valence-electron chi connectivity index (χ1n) is 11.7. The molecule has 0 radical (unpaired) electrons. The number of benzene rings is 1. The van der Waals surface area contributed by atoms with E-state index in [2.05, 4.69) is 15.3 Å². The molecule has 0 fully saturated rings. The largest absolute Gasteiger partial charge is 0.491 e. The van der Waals surface area contributed by atoms with Gasteiger partial charge in [0.05, 0.1) is 23.9 Å². The lowest BCUT2D eigenvalue weighted by Crippen LogP contribution is -2.48. The van der Waals surface area contributed by atoms with Crippen molar-refractivity contribution < 1.29 is 23.9 Å². The predicted molar refractivity (Wildman–Crippen MR) is 130 cm³/mol. The van der Waals surface area contributed by atoms with Crippen LogP contribution in [-0.2, 0) is 9.53 Å². The summed E-state index contributed by atoms with van der Waals surface area (Å²) in [7, 11) is 3.29. The average molecular weight is 484 g/mol. The molecule has 10 heteroatoms. The second-order valence-corrected chi connectivity index (χ2v) is 8.76. The molecule has 3 amide bonds. The van der Waals surface area contributed by atoms with E-state index in [9.17, 15) is 14.4 Å². The number of anilines is 1. The van der Waals surface area contributed by atoms with Gasteiger partial charge in [-0.3, -0.25) is 19.4 Å². The minimum atomic E-state index is -0.330. The van der Waals surface area contributed by atoms with Crippen LogP contribution in [0.1, 0.15) is 48.0 Å². The van der Waals surface area contributed by atoms with Crippen LogP contribution < -0.4 is 10.1 Å². The summed E-state index contributed by atoms with van der Waals surface area (Å²) in [5.41, 5.74) is 1.08. The van der Waals surface area contributed by atoms with Crippen molar-refractivity contribution in [2.75, 3.05) is 39.2 Å². The number of carbonyl (C=O) groups excluding carboxylic acids is 3. The van der Waals surface area contributed by atoms with Gasteiger partial charge in [0.25, 0.3) is 11.8 Å². The Hall–Kier alpha value is -3.53. The molecule has 0 bridgehead atoms. The van der Waals surface area contributed by atoms with Crippen LogP contribution in [0.5, 0.6) is 5.75 Å². The fraction of sp³-hybridized carbons (Fsp3) is 0.480. The molecule has 1 aromatic carbocycles. The molecule has 0 saturated heterocycles. The molecule has 188 valence electrons. The van der Waals surface area contributed by atoms with E-state index in [4.69, 9.17) is 9.47 Å². The quantitative estimate of drug-likeness (QED) is 0.711. The Morgan fingerprint density at radius 2 is 2.00 bits per heavy atom. The Kier molecular flexibility index (Phi) is 8.75. The van der Waals surface area contributed by atoms with Crippen molar-refractivity contribution in [3.05, 3.63) is 48.0 Å². The number of aromatic nitrogens is 2. The Balaban J connectivity index is 1.98. The minimum Gasteiger partial charge on any atom is -0.491 e. The van der Waals surface area contributed by atoms with Gasteiger partial charge in [0.15, 0.2) is 0 Å². The van der Waals surface area contributed by atoms with E-state index < -0.39 is 0 Å². The molecule has 0 aliphatic carbocycles. The van der Waals surface area contributed by atoms with Crippen LogP contribution >= 0.6 is 0 Å². The van der Waals surface area contributed by atoms with Gasteiger partial charge in [-0.2, -0.15) is 0 Å². The smallest absolute Gasteiger partial charge is 0.274 e. The molecule has 0 spiro atoms. The maximum atomic E-state index is 13.4. The maximum Gasteiger partial charge on any atom is 0.274 e. The van der Waals surface area contributed by atoms with Gasteiger partial charge in [-0.1, -0.05) is 13.8 Å². The molecule has 3 rings (SSSR count). The molecule has 0 saturated carbocycles. The van der Waals surface area contributed by atoms with E-state index in [1.807, 2.05) is 13.8 Å². The summed E-state index contributed by atoms with van der Waals surface area (Å²) in [5, 5.41) is 2.78. The number of hydrogen-bond donors (Lipinski definition) is 1. The third-order valence-corrected chi connectivity index (χ3v) is 6.09. The van der Waals surface area contributed by atoms with Gasteiger partial charge in [-0.05, 0) is 25.1 Å². The highest BCUT2D eigenvalue weighted by Crippen LogP contribution is 2.27. The molecule has 1 aromatic heterocycles. The number of hydrogen-bond acceptors (Lipinski definition) is 7. The minimum absolute atomic E-state index is 0.0904. The molecule has 1 N–H and O–H groups in total. The Morgan fingerprint density at radius 3 is 2.66 bits per heavy atom. The number of likely N-dealkylation sites (N-methyl/N-ethyl adjacent to an activating group) is 1. The van der Waals surface area contributed by atoms with E-state index in [0.29, 0.717) is 36.5 Å². The van der Waals surface area contributed by atoms with Gasteiger partial charge in [-0.15, -0.1) is 0 Å². The van der Waals surface area contributed by atoms with Gasteiger partial charge in [0.1, 0.15) is 18.1 Å². The summed E-state index contributed by atoms with van der Waals surface area (Å²) in [4.78, 5) is 50.0. The number of amides is 3. The van der Waals surface area contributed by atoms with Gasteiger partial charge < -0.3 is 24.6 Å². The average Bonchev–Trinajstić information content (AvgIpc) is 2.88. The normalized spacial score (nSPS) is 21.3. The molecule has 3 atom stereocenters. The molecular formula is C25H33N5O5. The highest BCUT2D eigenvalue weighted by molar-refractivity contribution is 5.99. The number of fused-ring (bicyclic) bond motifs is 1. The molecule has 1 aliphatic heterocycles. The fourth-order valence-corrected chi connectivity index (χ4v) is 3.94. The van der Waals surface area contributed by atoms with Gasteiger partial charge in [-0.25, -0.2) is 4.98 Å². The van der Waals surface area contributed by atoms with E-state index in [0.717, 1.165) is 0 Å². The number of ether oxygens (including phenoxy) is 2. The van der Waals surface area contributed by atoms with Crippen molar-refractivity contribution in [2.45, 2.75) is 39.3 Å². The first-order chi connectivity index (χ1) is 16.7. The van der Waals surface area contributed by atoms with Crippen LogP contribution in [0.4, 0.5) is 5.69 Å². The zero-order valence-electron chi connectivity index (χ0n) is 20.9. The lowest BCUT2D eigenvalue weighted by atomic mass is 10.0. The Labute approximate surface area is 205 Å². The highest BCUT2D eigenvalue weighted by atomic mass is 16.5. The molecule has 2 heterocycles. The van der Waals surface area contributed by atoms with Crippen LogP contribution in [-0.4, -0.2) is 83.5 Å². The van der Waals surface area contributed by atoms with Crippen LogP contribution in [0.25, 0.3) is 0 Å². The summed E-state index contributed by atoms with van der Waals surface area (Å²) in [6.07, 6.45) is 4.45. The van der Waals surface area contributed by atoms with Crippen LogP contribution in [0.15, 0.2) is 36.8 Å². The number of carbonyl (C=O) groups is 3. The molecule has 1 aliphatic rings. The predicted octanol–water partition coefficient (Wildman–Crippen LogP) is 2.47. The lowest BCUT2D eigenvalue weighted by molar-refractivity contribution is -0.115. The van der Waals surface area contributed by atoms with Crippen molar-refractivity contribution in [2.24, 2.45) is 5.92 Å². The first-order valence-corrected chi connectivity index (χ1v) is 11.7. The van der Waals surface area contributed by atoms with Gasteiger partial charge in [0.2, 0.25) is 5.91 Å². The zero-order valence-corrected chi connectivity index (χ0v) is 20.9. The zero-order chi connectivity index (χ0) is 25.5. The van der Waals surface area contributed by atoms with Crippen molar-refractivity contribution in [1.29, 1.82) is 0 Å². The molecule has 2 aromatic rings.